The number of para-hydroxylation sites is 2. The number of anilines is 2. The van der Waals surface area contributed by atoms with Crippen molar-refractivity contribution in [2.24, 2.45) is 0 Å². The second kappa shape index (κ2) is 11.2. The van der Waals surface area contributed by atoms with Crippen LogP contribution in [-0.2, 0) is 9.59 Å². The highest BCUT2D eigenvalue weighted by molar-refractivity contribution is 6.53. The zero-order valence-corrected chi connectivity index (χ0v) is 21.6. The van der Waals surface area contributed by atoms with Crippen LogP contribution in [0.5, 0.6) is 11.5 Å². The third kappa shape index (κ3) is 5.39. The van der Waals surface area contributed by atoms with E-state index < -0.39 is 17.8 Å². The zero-order valence-electron chi connectivity index (χ0n) is 20.9. The number of carbonyl (C=O) groups excluding carboxylic acids is 3. The Kier molecular flexibility index (Phi) is 7.43. The number of nitrogens with zero attached hydrogens (tertiary/aromatic N) is 1. The van der Waals surface area contributed by atoms with Gasteiger partial charge in [-0.15, -0.1) is 0 Å². The number of halogens is 1. The monoisotopic (exact) mass is 538 g/mol. The number of ether oxygens (including phenoxy) is 2. The van der Waals surface area contributed by atoms with Gasteiger partial charge in [0.15, 0.2) is 0 Å². The number of hydrogen-bond donors (Lipinski definition) is 1. The van der Waals surface area contributed by atoms with Crippen molar-refractivity contribution in [2.45, 2.75) is 6.92 Å². The predicted octanol–water partition coefficient (Wildman–Crippen LogP) is 6.41. The smallest absolute Gasteiger partial charge is 0.343 e. The zero-order chi connectivity index (χ0) is 27.4. The summed E-state index contributed by atoms with van der Waals surface area (Å²) in [6, 6.07) is 30.2. The summed E-state index contributed by atoms with van der Waals surface area (Å²) < 4.78 is 11.1. The van der Waals surface area contributed by atoms with E-state index in [9.17, 15) is 14.4 Å². The van der Waals surface area contributed by atoms with Crippen LogP contribution >= 0.6 is 11.6 Å². The van der Waals surface area contributed by atoms with E-state index in [0.717, 1.165) is 16.0 Å². The molecule has 1 aliphatic rings. The van der Waals surface area contributed by atoms with Gasteiger partial charge >= 0.3 is 5.97 Å². The van der Waals surface area contributed by atoms with Crippen molar-refractivity contribution in [2.75, 3.05) is 16.8 Å². The molecular formula is C31H23ClN2O5. The van der Waals surface area contributed by atoms with E-state index in [1.807, 2.05) is 49.4 Å². The summed E-state index contributed by atoms with van der Waals surface area (Å²) in [5.41, 5.74) is 3.10. The molecular weight excluding hydrogens is 516 g/mol. The van der Waals surface area contributed by atoms with E-state index in [1.54, 1.807) is 60.7 Å². The standard InChI is InChI=1S/C31H23ClN2O5/c1-2-38-26-11-7-6-10-25(26)34-29(35)27(32)28(30(34)36)33-23-16-12-22(13-17-23)31(37)39-24-18-14-21(15-19-24)20-8-4-3-5-9-20/h3-19,33H,2H2,1H3. The Morgan fingerprint density at radius 2 is 1.44 bits per heavy atom. The number of esters is 1. The van der Waals surface area contributed by atoms with Crippen molar-refractivity contribution in [1.82, 2.24) is 0 Å². The lowest BCUT2D eigenvalue weighted by Gasteiger charge is -2.18. The number of nitrogens with one attached hydrogen (secondary N) is 1. The molecule has 0 spiro atoms. The third-order valence-corrected chi connectivity index (χ3v) is 6.35. The molecule has 5 rings (SSSR count). The Morgan fingerprint density at radius 3 is 2.13 bits per heavy atom. The number of hydrogen-bond acceptors (Lipinski definition) is 6. The van der Waals surface area contributed by atoms with E-state index >= 15 is 0 Å². The van der Waals surface area contributed by atoms with Crippen LogP contribution in [0.2, 0.25) is 0 Å². The van der Waals surface area contributed by atoms with Crippen LogP contribution in [0.4, 0.5) is 11.4 Å². The average molecular weight is 539 g/mol. The molecule has 1 aliphatic heterocycles. The fraction of sp³-hybridized carbons (Fsp3) is 0.0645. The first-order chi connectivity index (χ1) is 19.0. The highest BCUT2D eigenvalue weighted by atomic mass is 35.5. The summed E-state index contributed by atoms with van der Waals surface area (Å²) in [5.74, 6) is -0.988. The molecule has 0 saturated carbocycles. The van der Waals surface area contributed by atoms with Crippen molar-refractivity contribution >= 4 is 40.8 Å². The molecule has 194 valence electrons. The first-order valence-corrected chi connectivity index (χ1v) is 12.6. The van der Waals surface area contributed by atoms with E-state index in [4.69, 9.17) is 21.1 Å². The molecule has 8 heteroatoms. The van der Waals surface area contributed by atoms with Crippen LogP contribution in [0, 0.1) is 0 Å². The number of benzene rings is 4. The van der Waals surface area contributed by atoms with E-state index in [0.29, 0.717) is 35.0 Å². The molecule has 0 aromatic heterocycles. The molecule has 0 saturated heterocycles. The fourth-order valence-corrected chi connectivity index (χ4v) is 4.31. The minimum absolute atomic E-state index is 0.0678. The van der Waals surface area contributed by atoms with Crippen molar-refractivity contribution in [3.63, 3.8) is 0 Å². The lowest BCUT2D eigenvalue weighted by molar-refractivity contribution is -0.120. The van der Waals surface area contributed by atoms with Crippen LogP contribution in [0.3, 0.4) is 0 Å². The van der Waals surface area contributed by atoms with Crippen LogP contribution in [0.25, 0.3) is 11.1 Å². The number of carbonyl (C=O) groups is 3. The van der Waals surface area contributed by atoms with Crippen LogP contribution in [-0.4, -0.2) is 24.4 Å². The maximum atomic E-state index is 13.2. The summed E-state index contributed by atoms with van der Waals surface area (Å²) in [6.07, 6.45) is 0. The van der Waals surface area contributed by atoms with Gasteiger partial charge in [-0.2, -0.15) is 0 Å². The number of imide groups is 1. The third-order valence-electron chi connectivity index (χ3n) is 6.00. The molecule has 4 aromatic rings. The molecule has 0 radical (unpaired) electrons. The Labute approximate surface area is 230 Å². The summed E-state index contributed by atoms with van der Waals surface area (Å²) >= 11 is 6.26. The molecule has 39 heavy (non-hydrogen) atoms. The largest absolute Gasteiger partial charge is 0.492 e. The number of amides is 2. The molecule has 0 aliphatic carbocycles. The van der Waals surface area contributed by atoms with Crippen molar-refractivity contribution in [3.8, 4) is 22.6 Å². The summed E-state index contributed by atoms with van der Waals surface area (Å²) in [5, 5.41) is 2.66. The van der Waals surface area contributed by atoms with Gasteiger partial charge in [0.2, 0.25) is 0 Å². The molecule has 7 nitrogen and oxygen atoms in total. The maximum absolute atomic E-state index is 13.2. The van der Waals surface area contributed by atoms with Crippen molar-refractivity contribution in [3.05, 3.63) is 119 Å². The van der Waals surface area contributed by atoms with Crippen LogP contribution in [0.1, 0.15) is 17.3 Å². The SMILES string of the molecule is CCOc1ccccc1N1C(=O)C(Cl)=C(Nc2ccc(C(=O)Oc3ccc(-c4ccccc4)cc3)cc2)C1=O. The van der Waals surface area contributed by atoms with Crippen molar-refractivity contribution in [1.29, 1.82) is 0 Å². The Bertz CT molecular complexity index is 1570. The van der Waals surface area contributed by atoms with Gasteiger partial charge in [-0.1, -0.05) is 66.2 Å². The second-order valence-corrected chi connectivity index (χ2v) is 8.90. The van der Waals surface area contributed by atoms with Gasteiger partial charge in [0.25, 0.3) is 11.8 Å². The molecule has 1 N–H and O–H groups in total. The van der Waals surface area contributed by atoms with E-state index in [2.05, 4.69) is 5.32 Å². The predicted molar refractivity (Wildman–Crippen MR) is 150 cm³/mol. The lowest BCUT2D eigenvalue weighted by Crippen LogP contribution is -2.32. The van der Waals surface area contributed by atoms with Crippen LogP contribution in [0.15, 0.2) is 114 Å². The van der Waals surface area contributed by atoms with Gasteiger partial charge in [0.05, 0.1) is 17.9 Å². The topological polar surface area (TPSA) is 84.9 Å². The molecule has 0 bridgehead atoms. The second-order valence-electron chi connectivity index (χ2n) is 8.52. The molecule has 0 atom stereocenters. The normalized spacial score (nSPS) is 13.0. The van der Waals surface area contributed by atoms with Gasteiger partial charge in [-0.3, -0.25) is 9.59 Å². The molecule has 0 unspecified atom stereocenters. The highest BCUT2D eigenvalue weighted by Crippen LogP contribution is 2.35. The Hall–Kier alpha value is -4.88. The lowest BCUT2D eigenvalue weighted by atomic mass is 10.1. The summed E-state index contributed by atoms with van der Waals surface area (Å²) in [4.78, 5) is 39.6. The van der Waals surface area contributed by atoms with Gasteiger partial charge in [0, 0.05) is 5.69 Å². The van der Waals surface area contributed by atoms with Gasteiger partial charge < -0.3 is 14.8 Å². The van der Waals surface area contributed by atoms with E-state index in [1.165, 1.54) is 0 Å². The Morgan fingerprint density at radius 1 is 0.795 bits per heavy atom. The average Bonchev–Trinajstić information content (AvgIpc) is 3.17. The first kappa shape index (κ1) is 25.8. The maximum Gasteiger partial charge on any atom is 0.343 e. The first-order valence-electron chi connectivity index (χ1n) is 12.2. The molecule has 1 heterocycles. The Balaban J connectivity index is 1.26. The van der Waals surface area contributed by atoms with Crippen molar-refractivity contribution < 1.29 is 23.9 Å². The van der Waals surface area contributed by atoms with Gasteiger partial charge in [0.1, 0.15) is 22.2 Å². The van der Waals surface area contributed by atoms with E-state index in [-0.39, 0.29) is 10.7 Å². The van der Waals surface area contributed by atoms with Crippen LogP contribution < -0.4 is 19.7 Å². The highest BCUT2D eigenvalue weighted by Gasteiger charge is 2.40. The fourth-order valence-electron chi connectivity index (χ4n) is 4.10. The summed E-state index contributed by atoms with van der Waals surface area (Å²) in [6.45, 7) is 2.18. The minimum atomic E-state index is -0.658. The molecule has 4 aromatic carbocycles. The molecule has 2 amide bonds. The number of rotatable bonds is 8. The van der Waals surface area contributed by atoms with Gasteiger partial charge in [-0.25, -0.2) is 9.69 Å². The minimum Gasteiger partial charge on any atom is -0.492 e. The quantitative estimate of drug-likeness (QED) is 0.159. The van der Waals surface area contributed by atoms with Gasteiger partial charge in [-0.05, 0) is 66.6 Å². The molecule has 0 fully saturated rings. The summed E-state index contributed by atoms with van der Waals surface area (Å²) in [7, 11) is 0.